The number of ether oxygens (including phenoxy) is 1. The van der Waals surface area contributed by atoms with E-state index in [1.807, 2.05) is 21.1 Å². The van der Waals surface area contributed by atoms with Crippen molar-refractivity contribution in [1.29, 1.82) is 0 Å². The summed E-state index contributed by atoms with van der Waals surface area (Å²) in [4.78, 5) is 22.9. The number of likely N-dealkylation sites (N-methyl/N-ethyl adjacent to an activating group) is 1. The van der Waals surface area contributed by atoms with Crippen LogP contribution in [0.2, 0.25) is 0 Å². The molecule has 0 rings (SSSR count). The molecule has 5 nitrogen and oxygen atoms in total. The first-order chi connectivity index (χ1) is 12.2. The Balaban J connectivity index is 3.91. The quantitative estimate of drug-likeness (QED) is 0.202. The van der Waals surface area contributed by atoms with E-state index in [-0.39, 0.29) is 12.4 Å². The van der Waals surface area contributed by atoms with E-state index in [1.54, 1.807) is 0 Å². The van der Waals surface area contributed by atoms with E-state index in [4.69, 9.17) is 9.84 Å². The van der Waals surface area contributed by atoms with Crippen LogP contribution in [0, 0.1) is 0 Å². The molecule has 1 unspecified atom stereocenters. The number of carbonyl (C=O) groups excluding carboxylic acids is 1. The van der Waals surface area contributed by atoms with Crippen molar-refractivity contribution in [1.82, 2.24) is 0 Å². The topological polar surface area (TPSA) is 63.6 Å². The number of hydrogen-bond donors (Lipinski definition) is 1. The van der Waals surface area contributed by atoms with E-state index in [1.165, 1.54) is 12.8 Å². The van der Waals surface area contributed by atoms with Gasteiger partial charge in [0.1, 0.15) is 6.54 Å². The number of carboxylic acids is 1. The normalized spacial score (nSPS) is 13.4. The highest BCUT2D eigenvalue weighted by atomic mass is 16.5. The number of esters is 1. The van der Waals surface area contributed by atoms with Crippen molar-refractivity contribution in [3.8, 4) is 0 Å². The lowest BCUT2D eigenvalue weighted by atomic mass is 10.1. The first-order valence-electron chi connectivity index (χ1n) is 9.76. The van der Waals surface area contributed by atoms with Crippen molar-refractivity contribution in [3.05, 3.63) is 24.3 Å². The standard InChI is InChI=1S/C21H37NO4/c1-5-6-7-8-9-10-11-12-13-14-15-16-21(25)26-19(17-20(23)24)18-22(2,3)4/h8-9,11-12,19H,5-7,10,13-18H2,1-4H3/p+1/b9-8+,12-11+. The lowest BCUT2D eigenvalue weighted by Gasteiger charge is -2.28. The van der Waals surface area contributed by atoms with Gasteiger partial charge < -0.3 is 14.3 Å². The molecule has 0 bridgehead atoms. The number of allylic oxidation sites excluding steroid dienone is 4. The number of carboxylic acid groups (broad SMARTS) is 1. The van der Waals surface area contributed by atoms with Gasteiger partial charge in [0.2, 0.25) is 0 Å². The molecular weight excluding hydrogens is 330 g/mol. The summed E-state index contributed by atoms with van der Waals surface area (Å²) in [7, 11) is 5.86. The number of quaternary nitrogens is 1. The molecule has 0 saturated carbocycles. The van der Waals surface area contributed by atoms with Gasteiger partial charge in [0, 0.05) is 6.42 Å². The molecule has 1 atom stereocenters. The van der Waals surface area contributed by atoms with Crippen LogP contribution < -0.4 is 0 Å². The van der Waals surface area contributed by atoms with Crippen LogP contribution in [0.3, 0.4) is 0 Å². The van der Waals surface area contributed by atoms with Crippen LogP contribution in [0.15, 0.2) is 24.3 Å². The summed E-state index contributed by atoms with van der Waals surface area (Å²) in [5, 5.41) is 8.96. The number of nitrogens with zero attached hydrogens (tertiary/aromatic N) is 1. The fourth-order valence-corrected chi connectivity index (χ4v) is 2.55. The number of aliphatic carboxylic acids is 1. The highest BCUT2D eigenvalue weighted by molar-refractivity contribution is 5.71. The van der Waals surface area contributed by atoms with Crippen LogP contribution in [0.5, 0.6) is 0 Å². The van der Waals surface area contributed by atoms with Crippen molar-refractivity contribution < 1.29 is 23.9 Å². The Labute approximate surface area is 159 Å². The van der Waals surface area contributed by atoms with Crippen LogP contribution in [-0.4, -0.2) is 55.3 Å². The molecule has 5 heteroatoms. The molecule has 0 spiro atoms. The van der Waals surface area contributed by atoms with Crippen molar-refractivity contribution in [2.45, 2.75) is 70.8 Å². The van der Waals surface area contributed by atoms with Crippen molar-refractivity contribution >= 4 is 11.9 Å². The summed E-state index contributed by atoms with van der Waals surface area (Å²) in [6.07, 6.45) is 15.6. The van der Waals surface area contributed by atoms with Crippen molar-refractivity contribution in [2.24, 2.45) is 0 Å². The number of unbranched alkanes of at least 4 members (excludes halogenated alkanes) is 4. The molecule has 0 amide bonds. The van der Waals surface area contributed by atoms with Gasteiger partial charge in [-0.3, -0.25) is 9.59 Å². The van der Waals surface area contributed by atoms with Gasteiger partial charge in [-0.05, 0) is 32.1 Å². The third kappa shape index (κ3) is 17.2. The Hall–Kier alpha value is -1.62. The Morgan fingerprint density at radius 2 is 1.62 bits per heavy atom. The van der Waals surface area contributed by atoms with Crippen LogP contribution in [0.25, 0.3) is 0 Å². The van der Waals surface area contributed by atoms with E-state index in [0.717, 1.165) is 32.1 Å². The Kier molecular flexibility index (Phi) is 13.6. The summed E-state index contributed by atoms with van der Waals surface area (Å²) in [5.41, 5.74) is 0. The zero-order chi connectivity index (χ0) is 19.8. The summed E-state index contributed by atoms with van der Waals surface area (Å²) in [5.74, 6) is -1.24. The first kappa shape index (κ1) is 24.4. The van der Waals surface area contributed by atoms with Gasteiger partial charge in [-0.15, -0.1) is 0 Å². The smallest absolute Gasteiger partial charge is 0.307 e. The zero-order valence-corrected chi connectivity index (χ0v) is 17.1. The average molecular weight is 369 g/mol. The van der Waals surface area contributed by atoms with Crippen LogP contribution in [0.1, 0.15) is 64.7 Å². The Bertz CT molecular complexity index is 449. The maximum absolute atomic E-state index is 11.9. The maximum Gasteiger partial charge on any atom is 0.307 e. The number of carbonyl (C=O) groups is 2. The van der Waals surface area contributed by atoms with E-state index in [2.05, 4.69) is 31.2 Å². The van der Waals surface area contributed by atoms with E-state index >= 15 is 0 Å². The predicted octanol–water partition coefficient (Wildman–Crippen LogP) is 4.33. The van der Waals surface area contributed by atoms with Gasteiger partial charge in [0.05, 0.1) is 27.6 Å². The minimum absolute atomic E-state index is 0.143. The second-order valence-electron chi connectivity index (χ2n) is 7.75. The monoisotopic (exact) mass is 368 g/mol. The van der Waals surface area contributed by atoms with Gasteiger partial charge in [0.15, 0.2) is 6.10 Å². The molecule has 0 fully saturated rings. The second kappa shape index (κ2) is 14.5. The summed E-state index contributed by atoms with van der Waals surface area (Å²) in [6, 6.07) is 0. The molecule has 0 radical (unpaired) electrons. The SMILES string of the molecule is CCCC/C=C/C/C=C/CCCCC(=O)OC(CC(=O)O)C[N+](C)(C)C. The molecule has 26 heavy (non-hydrogen) atoms. The third-order valence-corrected chi connectivity index (χ3v) is 3.78. The minimum Gasteiger partial charge on any atom is -0.481 e. The lowest BCUT2D eigenvalue weighted by Crippen LogP contribution is -2.43. The molecular formula is C21H38NO4+. The minimum atomic E-state index is -0.940. The second-order valence-corrected chi connectivity index (χ2v) is 7.75. The van der Waals surface area contributed by atoms with Crippen LogP contribution in [-0.2, 0) is 14.3 Å². The van der Waals surface area contributed by atoms with E-state index < -0.39 is 12.1 Å². The molecule has 0 heterocycles. The van der Waals surface area contributed by atoms with Crippen molar-refractivity contribution in [2.75, 3.05) is 27.7 Å². The number of rotatable bonds is 15. The van der Waals surface area contributed by atoms with E-state index in [9.17, 15) is 9.59 Å². The van der Waals surface area contributed by atoms with Gasteiger partial charge in [0.25, 0.3) is 0 Å². The molecule has 0 aliphatic carbocycles. The lowest BCUT2D eigenvalue weighted by molar-refractivity contribution is -0.873. The fourth-order valence-electron chi connectivity index (χ4n) is 2.55. The highest BCUT2D eigenvalue weighted by Gasteiger charge is 2.24. The van der Waals surface area contributed by atoms with E-state index in [0.29, 0.717) is 17.4 Å². The third-order valence-electron chi connectivity index (χ3n) is 3.78. The Morgan fingerprint density at radius 3 is 2.15 bits per heavy atom. The Morgan fingerprint density at radius 1 is 1.00 bits per heavy atom. The number of hydrogen-bond acceptors (Lipinski definition) is 3. The van der Waals surface area contributed by atoms with Gasteiger partial charge >= 0.3 is 11.9 Å². The summed E-state index contributed by atoms with van der Waals surface area (Å²) in [6.45, 7) is 2.69. The highest BCUT2D eigenvalue weighted by Crippen LogP contribution is 2.09. The molecule has 0 aliphatic rings. The summed E-state index contributed by atoms with van der Waals surface area (Å²) >= 11 is 0. The van der Waals surface area contributed by atoms with Crippen molar-refractivity contribution in [3.63, 3.8) is 0 Å². The molecule has 0 aromatic carbocycles. The zero-order valence-electron chi connectivity index (χ0n) is 17.1. The van der Waals surface area contributed by atoms with Gasteiger partial charge in [-0.25, -0.2) is 0 Å². The largest absolute Gasteiger partial charge is 0.481 e. The molecule has 150 valence electrons. The van der Waals surface area contributed by atoms with Gasteiger partial charge in [-0.2, -0.15) is 0 Å². The molecule has 0 aromatic rings. The van der Waals surface area contributed by atoms with Crippen LogP contribution in [0.4, 0.5) is 0 Å². The molecule has 0 aliphatic heterocycles. The van der Waals surface area contributed by atoms with Crippen LogP contribution >= 0.6 is 0 Å². The van der Waals surface area contributed by atoms with Gasteiger partial charge in [-0.1, -0.05) is 44.1 Å². The maximum atomic E-state index is 11.9. The molecule has 0 aromatic heterocycles. The predicted molar refractivity (Wildman–Crippen MR) is 106 cm³/mol. The summed E-state index contributed by atoms with van der Waals surface area (Å²) < 4.78 is 5.93. The molecule has 0 saturated heterocycles. The average Bonchev–Trinajstić information content (AvgIpc) is 2.50. The first-order valence-corrected chi connectivity index (χ1v) is 9.76. The fraction of sp³-hybridized carbons (Fsp3) is 0.714. The molecule has 1 N–H and O–H groups in total.